The van der Waals surface area contributed by atoms with Crippen LogP contribution in [-0.2, 0) is 44.8 Å². The first kappa shape index (κ1) is 45.4. The molecule has 1 aliphatic rings. The van der Waals surface area contributed by atoms with Gasteiger partial charge in [-0.3, -0.25) is 33.6 Å². The number of benzene rings is 1. The third kappa shape index (κ3) is 15.3. The fourth-order valence-electron chi connectivity index (χ4n) is 5.73. The molecule has 7 amide bonds. The molecule has 2 rings (SSSR count). The lowest BCUT2D eigenvalue weighted by atomic mass is 10.0. The lowest BCUT2D eigenvalue weighted by molar-refractivity contribution is -0.141. The van der Waals surface area contributed by atoms with E-state index in [2.05, 4.69) is 26.6 Å². The van der Waals surface area contributed by atoms with Crippen LogP contribution in [0.1, 0.15) is 57.9 Å². The van der Waals surface area contributed by atoms with Gasteiger partial charge >= 0.3 is 5.97 Å². The normalized spacial score (nSPS) is 16.6. The zero-order valence-electron chi connectivity index (χ0n) is 30.9. The predicted octanol–water partition coefficient (Wildman–Crippen LogP) is -2.26. The van der Waals surface area contributed by atoms with E-state index >= 15 is 0 Å². The van der Waals surface area contributed by atoms with Crippen LogP contribution in [0.2, 0.25) is 0 Å². The Kier molecular flexibility index (Phi) is 19.4. The summed E-state index contributed by atoms with van der Waals surface area (Å²) in [5.74, 6) is -5.84. The second-order valence-electron chi connectivity index (χ2n) is 13.4. The molecule has 300 valence electrons. The molecular formula is C35H54N8O10S. The Morgan fingerprint density at radius 3 is 2.13 bits per heavy atom. The van der Waals surface area contributed by atoms with Crippen molar-refractivity contribution in [2.24, 2.45) is 17.4 Å². The molecule has 1 fully saturated rings. The number of hydrogen-bond donors (Lipinski definition) is 9. The molecule has 1 aromatic rings. The molecule has 0 spiro atoms. The van der Waals surface area contributed by atoms with Gasteiger partial charge in [-0.05, 0) is 55.6 Å². The molecular weight excluding hydrogens is 724 g/mol. The molecule has 0 bridgehead atoms. The van der Waals surface area contributed by atoms with Crippen molar-refractivity contribution in [2.75, 3.05) is 31.7 Å². The zero-order chi connectivity index (χ0) is 40.4. The van der Waals surface area contributed by atoms with Gasteiger partial charge in [-0.25, -0.2) is 4.79 Å². The number of nitrogens with zero attached hydrogens (tertiary/aromatic N) is 1. The number of aliphatic carboxylic acids is 1. The van der Waals surface area contributed by atoms with Gasteiger partial charge in [-0.1, -0.05) is 44.2 Å². The molecule has 1 aromatic carbocycles. The maximum absolute atomic E-state index is 13.8. The van der Waals surface area contributed by atoms with Gasteiger partial charge in [0, 0.05) is 19.4 Å². The van der Waals surface area contributed by atoms with Crippen LogP contribution in [0.5, 0.6) is 0 Å². The maximum atomic E-state index is 13.8. The van der Waals surface area contributed by atoms with Crippen molar-refractivity contribution in [2.45, 2.75) is 95.0 Å². The molecule has 6 atom stereocenters. The van der Waals surface area contributed by atoms with Gasteiger partial charge in [0.15, 0.2) is 0 Å². The van der Waals surface area contributed by atoms with Gasteiger partial charge in [-0.2, -0.15) is 11.8 Å². The van der Waals surface area contributed by atoms with Crippen molar-refractivity contribution in [3.05, 3.63) is 35.9 Å². The van der Waals surface area contributed by atoms with Gasteiger partial charge < -0.3 is 53.2 Å². The molecule has 54 heavy (non-hydrogen) atoms. The minimum absolute atomic E-state index is 0.00768. The van der Waals surface area contributed by atoms with Crippen molar-refractivity contribution in [3.63, 3.8) is 0 Å². The second kappa shape index (κ2) is 23.1. The van der Waals surface area contributed by atoms with Crippen molar-refractivity contribution in [3.8, 4) is 0 Å². The van der Waals surface area contributed by atoms with E-state index in [1.807, 2.05) is 13.8 Å². The SMILES string of the molecule is CSCC[C@H](NC(=O)CNC(=O)[C@H](CC(C)C)NC(=O)[C@H](Cc1ccccc1)NC(=O)[C@H](CO)NC(=O)[C@@H]1CCCN1C(=O)[C@@H](N)CCC(N)=O)C(=O)O. The number of thioether (sulfide) groups is 1. The third-order valence-corrected chi connectivity index (χ3v) is 9.24. The molecule has 18 nitrogen and oxygen atoms in total. The number of hydrogen-bond acceptors (Lipinski definition) is 11. The number of rotatable bonds is 23. The number of carbonyl (C=O) groups is 8. The highest BCUT2D eigenvalue weighted by molar-refractivity contribution is 7.98. The van der Waals surface area contributed by atoms with E-state index in [1.165, 1.54) is 16.7 Å². The number of aliphatic hydroxyl groups is 1. The lowest BCUT2D eigenvalue weighted by Gasteiger charge is -2.28. The molecule has 19 heteroatoms. The molecule has 1 heterocycles. The Balaban J connectivity index is 2.18. The minimum atomic E-state index is -1.52. The predicted molar refractivity (Wildman–Crippen MR) is 199 cm³/mol. The highest BCUT2D eigenvalue weighted by Gasteiger charge is 2.38. The smallest absolute Gasteiger partial charge is 0.326 e. The number of amides is 7. The summed E-state index contributed by atoms with van der Waals surface area (Å²) in [7, 11) is 0. The number of carboxylic acid groups (broad SMARTS) is 1. The second-order valence-corrected chi connectivity index (χ2v) is 14.4. The highest BCUT2D eigenvalue weighted by Crippen LogP contribution is 2.19. The summed E-state index contributed by atoms with van der Waals surface area (Å²) in [4.78, 5) is 103. The van der Waals surface area contributed by atoms with E-state index in [-0.39, 0.29) is 51.0 Å². The summed E-state index contributed by atoms with van der Waals surface area (Å²) in [6, 6.07) is 1.48. The highest BCUT2D eigenvalue weighted by atomic mass is 32.2. The van der Waals surface area contributed by atoms with E-state index in [9.17, 15) is 48.6 Å². The summed E-state index contributed by atoms with van der Waals surface area (Å²) in [5.41, 5.74) is 11.7. The molecule has 0 radical (unpaired) electrons. The average Bonchev–Trinajstić information content (AvgIpc) is 3.63. The Morgan fingerprint density at radius 1 is 0.889 bits per heavy atom. The Bertz CT molecular complexity index is 1470. The van der Waals surface area contributed by atoms with Crippen LogP contribution < -0.4 is 38.1 Å². The van der Waals surface area contributed by atoms with Crippen LogP contribution in [0.3, 0.4) is 0 Å². The first-order valence-corrected chi connectivity index (χ1v) is 19.2. The molecule has 0 aliphatic carbocycles. The largest absolute Gasteiger partial charge is 0.480 e. The van der Waals surface area contributed by atoms with Crippen LogP contribution in [0.25, 0.3) is 0 Å². The number of aliphatic hydroxyl groups excluding tert-OH is 1. The van der Waals surface area contributed by atoms with Crippen LogP contribution in [-0.4, -0.2) is 130 Å². The van der Waals surface area contributed by atoms with Crippen molar-refractivity contribution in [1.29, 1.82) is 0 Å². The van der Waals surface area contributed by atoms with E-state index in [0.29, 0.717) is 17.7 Å². The van der Waals surface area contributed by atoms with Crippen molar-refractivity contribution >= 4 is 59.1 Å². The van der Waals surface area contributed by atoms with Crippen LogP contribution in [0.15, 0.2) is 30.3 Å². The fourth-order valence-corrected chi connectivity index (χ4v) is 6.21. The third-order valence-electron chi connectivity index (χ3n) is 8.60. The summed E-state index contributed by atoms with van der Waals surface area (Å²) < 4.78 is 0. The standard InChI is InChI=1S/C35H54N8O10S/c1-20(2)16-24(30(47)38-18-29(46)39-23(35(52)53)13-15-54-3)40-31(48)25(17-21-8-5-4-6-9-21)41-32(49)26(19-44)42-33(50)27-10-7-14-43(27)34(51)22(36)11-12-28(37)45/h4-6,8-9,20,22-27,44H,7,10-19,36H2,1-3H3,(H2,37,45)(H,38,47)(H,39,46)(H,40,48)(H,41,49)(H,42,50)(H,52,53)/t22-,23-,24-,25-,26-,27-/m0/s1. The maximum Gasteiger partial charge on any atom is 0.326 e. The fraction of sp³-hybridized carbons (Fsp3) is 0.600. The molecule has 0 aromatic heterocycles. The van der Waals surface area contributed by atoms with E-state index in [0.717, 1.165) is 0 Å². The van der Waals surface area contributed by atoms with Gasteiger partial charge in [0.25, 0.3) is 0 Å². The lowest BCUT2D eigenvalue weighted by Crippen LogP contribution is -2.60. The average molecular weight is 779 g/mol. The van der Waals surface area contributed by atoms with Gasteiger partial charge in [0.2, 0.25) is 41.4 Å². The first-order valence-electron chi connectivity index (χ1n) is 17.8. The Morgan fingerprint density at radius 2 is 1.54 bits per heavy atom. The summed E-state index contributed by atoms with van der Waals surface area (Å²) in [5, 5.41) is 32.0. The Hall–Kier alpha value is -4.75. The van der Waals surface area contributed by atoms with Gasteiger partial charge in [0.1, 0.15) is 30.2 Å². The molecule has 11 N–H and O–H groups in total. The van der Waals surface area contributed by atoms with Gasteiger partial charge in [0.05, 0.1) is 19.2 Å². The minimum Gasteiger partial charge on any atom is -0.480 e. The topological polar surface area (TPSA) is 292 Å². The van der Waals surface area contributed by atoms with Gasteiger partial charge in [-0.15, -0.1) is 0 Å². The van der Waals surface area contributed by atoms with Crippen LogP contribution >= 0.6 is 11.8 Å². The molecule has 1 aliphatic heterocycles. The van der Waals surface area contributed by atoms with Crippen LogP contribution in [0.4, 0.5) is 0 Å². The van der Waals surface area contributed by atoms with E-state index in [1.54, 1.807) is 36.6 Å². The Labute approximate surface area is 318 Å². The quantitative estimate of drug-likeness (QED) is 0.0569. The number of carbonyl (C=O) groups excluding carboxylic acids is 7. The molecule has 1 saturated heterocycles. The number of primary amides is 1. The summed E-state index contributed by atoms with van der Waals surface area (Å²) in [6.07, 6.45) is 2.70. The zero-order valence-corrected chi connectivity index (χ0v) is 31.7. The molecule has 0 saturated carbocycles. The number of nitrogens with one attached hydrogen (secondary N) is 5. The van der Waals surface area contributed by atoms with Crippen molar-refractivity contribution in [1.82, 2.24) is 31.5 Å². The van der Waals surface area contributed by atoms with Crippen molar-refractivity contribution < 1.29 is 48.6 Å². The number of likely N-dealkylation sites (tertiary alicyclic amines) is 1. The summed E-state index contributed by atoms with van der Waals surface area (Å²) >= 11 is 1.42. The van der Waals surface area contributed by atoms with Crippen LogP contribution in [0, 0.1) is 5.92 Å². The number of nitrogens with two attached hydrogens (primary N) is 2. The monoisotopic (exact) mass is 778 g/mol. The van der Waals surface area contributed by atoms with E-state index in [4.69, 9.17) is 11.5 Å². The van der Waals surface area contributed by atoms with E-state index < -0.39 is 96.7 Å². The summed E-state index contributed by atoms with van der Waals surface area (Å²) in [6.45, 7) is 2.45. The number of carboxylic acids is 1. The molecule has 0 unspecified atom stereocenters. The first-order chi connectivity index (χ1) is 25.6.